The molecule has 0 unspecified atom stereocenters. The summed E-state index contributed by atoms with van der Waals surface area (Å²) in [5.74, 6) is 0. The molecule has 0 heterocycles. The summed E-state index contributed by atoms with van der Waals surface area (Å²) >= 11 is 0. The van der Waals surface area contributed by atoms with Crippen LogP contribution >= 0.6 is 0 Å². The number of nitrogens with zero attached hydrogens (tertiary/aromatic N) is 2. The van der Waals surface area contributed by atoms with Gasteiger partial charge in [-0.1, -0.05) is 30.3 Å². The maximum atomic E-state index is 12.2. The van der Waals surface area contributed by atoms with Gasteiger partial charge in [-0.15, -0.1) is 0 Å². The number of rotatable bonds is 8. The lowest BCUT2D eigenvalue weighted by atomic mass is 10.2. The normalized spacial score (nSPS) is 11.0. The Bertz CT molecular complexity index is 885. The molecule has 0 aromatic heterocycles. The number of amides is 1. The van der Waals surface area contributed by atoms with E-state index in [1.165, 1.54) is 11.9 Å². The largest absolute Gasteiger partial charge is 0.445 e. The first-order valence-corrected chi connectivity index (χ1v) is 9.44. The van der Waals surface area contributed by atoms with E-state index in [-0.39, 0.29) is 30.3 Å². The summed E-state index contributed by atoms with van der Waals surface area (Å²) in [6, 6.07) is 13.7. The van der Waals surface area contributed by atoms with Gasteiger partial charge in [0.05, 0.1) is 9.82 Å². The molecule has 10 heteroatoms. The highest BCUT2D eigenvalue weighted by molar-refractivity contribution is 7.89. The smallest absolute Gasteiger partial charge is 0.409 e. The predicted molar refractivity (Wildman–Crippen MR) is 97.5 cm³/mol. The Morgan fingerprint density at radius 3 is 2.37 bits per heavy atom. The number of hydrogen-bond donors (Lipinski definition) is 1. The number of ether oxygens (including phenoxy) is 1. The molecule has 0 aliphatic rings. The lowest BCUT2D eigenvalue weighted by Gasteiger charge is -2.17. The second-order valence-corrected chi connectivity index (χ2v) is 7.38. The van der Waals surface area contributed by atoms with Crippen LogP contribution in [0.5, 0.6) is 0 Å². The van der Waals surface area contributed by atoms with Crippen molar-refractivity contribution in [1.29, 1.82) is 0 Å². The van der Waals surface area contributed by atoms with E-state index in [0.717, 1.165) is 29.8 Å². The van der Waals surface area contributed by atoms with E-state index in [0.29, 0.717) is 0 Å². The van der Waals surface area contributed by atoms with Crippen LogP contribution in [0.1, 0.15) is 5.56 Å². The molecule has 9 nitrogen and oxygen atoms in total. The molecule has 0 fully saturated rings. The van der Waals surface area contributed by atoms with Gasteiger partial charge in [-0.25, -0.2) is 17.9 Å². The monoisotopic (exact) mass is 393 g/mol. The van der Waals surface area contributed by atoms with Crippen LogP contribution in [-0.2, 0) is 21.4 Å². The fourth-order valence-electron chi connectivity index (χ4n) is 2.10. The number of benzene rings is 2. The Morgan fingerprint density at radius 2 is 1.78 bits per heavy atom. The van der Waals surface area contributed by atoms with Gasteiger partial charge in [-0.2, -0.15) is 0 Å². The Morgan fingerprint density at radius 1 is 1.15 bits per heavy atom. The molecule has 2 aromatic carbocycles. The summed E-state index contributed by atoms with van der Waals surface area (Å²) in [6.07, 6.45) is -0.576. The highest BCUT2D eigenvalue weighted by Gasteiger charge is 2.17. The molecule has 0 aliphatic carbocycles. The number of non-ortho nitro benzene ring substituents is 1. The molecule has 0 radical (unpaired) electrons. The third-order valence-corrected chi connectivity index (χ3v) is 5.09. The maximum absolute atomic E-state index is 12.2. The molecule has 0 aliphatic heterocycles. The molecular formula is C17H19N3O6S. The zero-order valence-corrected chi connectivity index (χ0v) is 15.4. The van der Waals surface area contributed by atoms with Gasteiger partial charge in [0.15, 0.2) is 0 Å². The molecule has 2 rings (SSSR count). The summed E-state index contributed by atoms with van der Waals surface area (Å²) in [7, 11) is -2.34. The van der Waals surface area contributed by atoms with Crippen molar-refractivity contribution in [2.45, 2.75) is 11.5 Å². The number of likely N-dealkylation sites (N-methyl/N-ethyl adjacent to an activating group) is 1. The van der Waals surface area contributed by atoms with E-state index >= 15 is 0 Å². The SMILES string of the molecule is CN(CCNS(=O)(=O)c1ccc([N+](=O)[O-])cc1)C(=O)OCc1ccccc1. The van der Waals surface area contributed by atoms with E-state index in [1.54, 1.807) is 0 Å². The number of nitro groups is 1. The van der Waals surface area contributed by atoms with Gasteiger partial charge in [-0.05, 0) is 17.7 Å². The topological polar surface area (TPSA) is 119 Å². The molecule has 2 aromatic rings. The van der Waals surface area contributed by atoms with Gasteiger partial charge in [0.1, 0.15) is 6.61 Å². The Hall–Kier alpha value is -2.98. The third kappa shape index (κ3) is 6.04. The van der Waals surface area contributed by atoms with Crippen molar-refractivity contribution in [2.24, 2.45) is 0 Å². The quantitative estimate of drug-likeness (QED) is 0.542. The Kier molecular flexibility index (Phi) is 6.85. The van der Waals surface area contributed by atoms with E-state index < -0.39 is 21.0 Å². The first kappa shape index (κ1) is 20.3. The zero-order valence-electron chi connectivity index (χ0n) is 14.6. The summed E-state index contributed by atoms with van der Waals surface area (Å²) in [5, 5.41) is 10.6. The molecule has 144 valence electrons. The number of hydrogen-bond acceptors (Lipinski definition) is 6. The average Bonchev–Trinajstić information content (AvgIpc) is 2.66. The molecular weight excluding hydrogens is 374 g/mol. The summed E-state index contributed by atoms with van der Waals surface area (Å²) in [6.45, 7) is 0.189. The third-order valence-electron chi connectivity index (χ3n) is 3.61. The minimum atomic E-state index is -3.83. The Balaban J connectivity index is 1.81. The van der Waals surface area contributed by atoms with Crippen LogP contribution in [-0.4, -0.2) is 44.5 Å². The van der Waals surface area contributed by atoms with Crippen LogP contribution in [0, 0.1) is 10.1 Å². The van der Waals surface area contributed by atoms with Crippen LogP contribution in [0.25, 0.3) is 0 Å². The maximum Gasteiger partial charge on any atom is 0.409 e. The van der Waals surface area contributed by atoms with E-state index in [9.17, 15) is 23.3 Å². The Labute approximate surface area is 156 Å². The van der Waals surface area contributed by atoms with E-state index in [2.05, 4.69) is 4.72 Å². The average molecular weight is 393 g/mol. The predicted octanol–water partition coefficient (Wildman–Crippen LogP) is 2.14. The first-order chi connectivity index (χ1) is 12.8. The van der Waals surface area contributed by atoms with Crippen molar-refractivity contribution in [3.63, 3.8) is 0 Å². The number of carbonyl (C=O) groups is 1. The number of sulfonamides is 1. The minimum absolute atomic E-state index is 0.0315. The molecule has 1 amide bonds. The summed E-state index contributed by atoms with van der Waals surface area (Å²) < 4.78 is 31.8. The molecule has 1 N–H and O–H groups in total. The van der Waals surface area contributed by atoms with Gasteiger partial charge in [-0.3, -0.25) is 10.1 Å². The van der Waals surface area contributed by atoms with Crippen molar-refractivity contribution in [3.05, 3.63) is 70.3 Å². The van der Waals surface area contributed by atoms with Crippen LogP contribution < -0.4 is 4.72 Å². The van der Waals surface area contributed by atoms with Crippen molar-refractivity contribution >= 4 is 21.8 Å². The van der Waals surface area contributed by atoms with Crippen molar-refractivity contribution in [3.8, 4) is 0 Å². The fraction of sp³-hybridized carbons (Fsp3) is 0.235. The summed E-state index contributed by atoms with van der Waals surface area (Å²) in [5.41, 5.74) is 0.646. The zero-order chi connectivity index (χ0) is 19.9. The molecule has 0 bridgehead atoms. The van der Waals surface area contributed by atoms with Gasteiger partial charge in [0.2, 0.25) is 10.0 Å². The van der Waals surface area contributed by atoms with E-state index in [1.807, 2.05) is 30.3 Å². The highest BCUT2D eigenvalue weighted by atomic mass is 32.2. The number of nitrogens with one attached hydrogen (secondary N) is 1. The summed E-state index contributed by atoms with van der Waals surface area (Å²) in [4.78, 5) is 23.1. The van der Waals surface area contributed by atoms with E-state index in [4.69, 9.17) is 4.74 Å². The van der Waals surface area contributed by atoms with Crippen molar-refractivity contribution in [1.82, 2.24) is 9.62 Å². The second-order valence-electron chi connectivity index (χ2n) is 5.61. The lowest BCUT2D eigenvalue weighted by Crippen LogP contribution is -2.36. The molecule has 0 saturated carbocycles. The highest BCUT2D eigenvalue weighted by Crippen LogP contribution is 2.15. The molecule has 0 saturated heterocycles. The van der Waals surface area contributed by atoms with Crippen LogP contribution in [0.4, 0.5) is 10.5 Å². The van der Waals surface area contributed by atoms with Crippen LogP contribution in [0.15, 0.2) is 59.5 Å². The first-order valence-electron chi connectivity index (χ1n) is 7.95. The van der Waals surface area contributed by atoms with Gasteiger partial charge in [0, 0.05) is 32.3 Å². The van der Waals surface area contributed by atoms with Gasteiger partial charge in [0.25, 0.3) is 5.69 Å². The molecule has 0 spiro atoms. The standard InChI is InChI=1S/C17H19N3O6S/c1-19(17(21)26-13-14-5-3-2-4-6-14)12-11-18-27(24,25)16-9-7-15(8-10-16)20(22)23/h2-10,18H,11-13H2,1H3. The lowest BCUT2D eigenvalue weighted by molar-refractivity contribution is -0.384. The van der Waals surface area contributed by atoms with Gasteiger partial charge < -0.3 is 9.64 Å². The fourth-order valence-corrected chi connectivity index (χ4v) is 3.12. The second kappa shape index (κ2) is 9.10. The molecule has 27 heavy (non-hydrogen) atoms. The minimum Gasteiger partial charge on any atom is -0.445 e. The van der Waals surface area contributed by atoms with Crippen LogP contribution in [0.3, 0.4) is 0 Å². The van der Waals surface area contributed by atoms with Crippen LogP contribution in [0.2, 0.25) is 0 Å². The number of carbonyl (C=O) groups excluding carboxylic acids is 1. The van der Waals surface area contributed by atoms with Crippen molar-refractivity contribution < 1.29 is 22.9 Å². The number of nitro benzene ring substituents is 1. The van der Waals surface area contributed by atoms with Crippen molar-refractivity contribution in [2.75, 3.05) is 20.1 Å². The van der Waals surface area contributed by atoms with Gasteiger partial charge >= 0.3 is 6.09 Å². The molecule has 0 atom stereocenters.